The lowest BCUT2D eigenvalue weighted by Gasteiger charge is -2.11. The molecule has 3 aromatic rings. The molecule has 0 fully saturated rings. The lowest BCUT2D eigenvalue weighted by Crippen LogP contribution is -2.21. The lowest BCUT2D eigenvalue weighted by molar-refractivity contribution is -0.116. The zero-order valence-corrected chi connectivity index (χ0v) is 16.3. The number of rotatable bonds is 5. The van der Waals surface area contributed by atoms with Crippen molar-refractivity contribution in [1.82, 2.24) is 4.57 Å². The van der Waals surface area contributed by atoms with Crippen LogP contribution in [-0.2, 0) is 16.1 Å². The van der Waals surface area contributed by atoms with Gasteiger partial charge in [0.1, 0.15) is 12.2 Å². The van der Waals surface area contributed by atoms with Crippen LogP contribution in [0.1, 0.15) is 35.8 Å². The Balaban J connectivity index is 1.83. The first-order chi connectivity index (χ1) is 12.4. The van der Waals surface area contributed by atoms with Gasteiger partial charge in [-0.05, 0) is 35.7 Å². The van der Waals surface area contributed by atoms with E-state index in [1.807, 2.05) is 24.3 Å². The number of methoxy groups -OCH3 is 1. The van der Waals surface area contributed by atoms with Crippen molar-refractivity contribution in [2.45, 2.75) is 26.3 Å². The van der Waals surface area contributed by atoms with Gasteiger partial charge in [0.05, 0.1) is 21.7 Å². The van der Waals surface area contributed by atoms with Gasteiger partial charge in [0.25, 0.3) is 0 Å². The normalized spacial score (nSPS) is 11.1. The van der Waals surface area contributed by atoms with Crippen LogP contribution in [0.15, 0.2) is 36.4 Å². The van der Waals surface area contributed by atoms with Crippen molar-refractivity contribution in [3.63, 3.8) is 0 Å². The second-order valence-electron chi connectivity index (χ2n) is 6.23. The van der Waals surface area contributed by atoms with Crippen LogP contribution in [-0.4, -0.2) is 23.6 Å². The van der Waals surface area contributed by atoms with Gasteiger partial charge in [-0.25, -0.2) is 4.79 Å². The van der Waals surface area contributed by atoms with Crippen molar-refractivity contribution >= 4 is 50.7 Å². The van der Waals surface area contributed by atoms with Crippen LogP contribution in [0.2, 0.25) is 4.34 Å². The van der Waals surface area contributed by atoms with Gasteiger partial charge in [-0.2, -0.15) is 0 Å². The number of nitrogens with zero attached hydrogens (tertiary/aromatic N) is 1. The van der Waals surface area contributed by atoms with Crippen molar-refractivity contribution < 1.29 is 14.3 Å². The number of aromatic nitrogens is 1. The van der Waals surface area contributed by atoms with E-state index in [9.17, 15) is 9.59 Å². The van der Waals surface area contributed by atoms with Crippen LogP contribution in [0.4, 0.5) is 5.69 Å². The van der Waals surface area contributed by atoms with E-state index in [0.717, 1.165) is 10.2 Å². The maximum atomic E-state index is 12.5. The van der Waals surface area contributed by atoms with Crippen molar-refractivity contribution in [1.29, 1.82) is 0 Å². The molecule has 0 unspecified atom stereocenters. The molecule has 0 spiro atoms. The number of carbonyl (C=O) groups excluding carboxylic acids is 2. The number of hydrogen-bond donors (Lipinski definition) is 1. The number of thiophene rings is 1. The topological polar surface area (TPSA) is 60.3 Å². The van der Waals surface area contributed by atoms with Crippen LogP contribution in [0.3, 0.4) is 0 Å². The number of benzene rings is 1. The number of carbonyl (C=O) groups is 2. The molecule has 2 heterocycles. The molecule has 1 aromatic carbocycles. The third-order valence-electron chi connectivity index (χ3n) is 4.12. The molecular weight excluding hydrogens is 372 g/mol. The highest BCUT2D eigenvalue weighted by molar-refractivity contribution is 7.22. The molecule has 0 aliphatic heterocycles. The fourth-order valence-electron chi connectivity index (χ4n) is 2.75. The predicted octanol–water partition coefficient (Wildman–Crippen LogP) is 4.90. The number of esters is 1. The SMILES string of the molecule is COC(=O)c1cc2sc(Cl)cc2n1CC(=O)Nc1ccc(C(C)C)cc1. The van der Waals surface area contributed by atoms with Crippen molar-refractivity contribution in [2.75, 3.05) is 12.4 Å². The van der Waals surface area contributed by atoms with E-state index in [-0.39, 0.29) is 12.5 Å². The summed E-state index contributed by atoms with van der Waals surface area (Å²) in [6.45, 7) is 4.23. The van der Waals surface area contributed by atoms with E-state index in [1.165, 1.54) is 24.0 Å². The Bertz CT molecular complexity index is 957. The Kier molecular flexibility index (Phi) is 5.34. The van der Waals surface area contributed by atoms with Crippen LogP contribution < -0.4 is 5.32 Å². The van der Waals surface area contributed by atoms with Crippen molar-refractivity contribution in [3.8, 4) is 0 Å². The highest BCUT2D eigenvalue weighted by atomic mass is 35.5. The molecule has 7 heteroatoms. The van der Waals surface area contributed by atoms with Crippen LogP contribution in [0, 0.1) is 0 Å². The fourth-order valence-corrected chi connectivity index (χ4v) is 3.93. The van der Waals surface area contributed by atoms with Gasteiger partial charge in [-0.15, -0.1) is 11.3 Å². The lowest BCUT2D eigenvalue weighted by atomic mass is 10.0. The summed E-state index contributed by atoms with van der Waals surface area (Å²) in [5.41, 5.74) is 2.99. The van der Waals surface area contributed by atoms with E-state index in [1.54, 1.807) is 16.7 Å². The van der Waals surface area contributed by atoms with Gasteiger partial charge in [0.15, 0.2) is 0 Å². The van der Waals surface area contributed by atoms with Crippen molar-refractivity contribution in [2.24, 2.45) is 0 Å². The molecule has 3 rings (SSSR count). The zero-order chi connectivity index (χ0) is 18.8. The van der Waals surface area contributed by atoms with Gasteiger partial charge in [0, 0.05) is 5.69 Å². The number of fused-ring (bicyclic) bond motifs is 1. The summed E-state index contributed by atoms with van der Waals surface area (Å²) < 4.78 is 7.89. The van der Waals surface area contributed by atoms with Gasteiger partial charge in [0.2, 0.25) is 5.91 Å². The third kappa shape index (κ3) is 3.76. The number of nitrogens with one attached hydrogen (secondary N) is 1. The standard InChI is InChI=1S/C19H19ClN2O3S/c1-11(2)12-4-6-13(7-5-12)21-18(23)10-22-14-9-17(20)26-16(14)8-15(22)19(24)25-3/h4-9,11H,10H2,1-3H3,(H,21,23). The smallest absolute Gasteiger partial charge is 0.354 e. The van der Waals surface area contributed by atoms with E-state index in [4.69, 9.17) is 16.3 Å². The molecule has 1 amide bonds. The summed E-state index contributed by atoms with van der Waals surface area (Å²) in [4.78, 5) is 24.5. The summed E-state index contributed by atoms with van der Waals surface area (Å²) >= 11 is 7.41. The minimum Gasteiger partial charge on any atom is -0.464 e. The molecule has 0 aliphatic carbocycles. The maximum Gasteiger partial charge on any atom is 0.354 e. The number of anilines is 1. The van der Waals surface area contributed by atoms with Gasteiger partial charge in [-0.3, -0.25) is 4.79 Å². The quantitative estimate of drug-likeness (QED) is 0.630. The maximum absolute atomic E-state index is 12.5. The summed E-state index contributed by atoms with van der Waals surface area (Å²) in [5.74, 6) is -0.287. The second-order valence-corrected chi connectivity index (χ2v) is 7.95. The van der Waals surface area contributed by atoms with E-state index < -0.39 is 5.97 Å². The molecule has 0 aliphatic rings. The average Bonchev–Trinajstić information content (AvgIpc) is 3.12. The Morgan fingerprint density at radius 2 is 1.92 bits per heavy atom. The Hall–Kier alpha value is -2.31. The Morgan fingerprint density at radius 1 is 1.23 bits per heavy atom. The third-order valence-corrected chi connectivity index (χ3v) is 5.32. The van der Waals surface area contributed by atoms with Crippen LogP contribution >= 0.6 is 22.9 Å². The molecule has 0 saturated heterocycles. The minimum absolute atomic E-state index is 0.00702. The van der Waals surface area contributed by atoms with Crippen LogP contribution in [0.25, 0.3) is 10.2 Å². The molecule has 1 N–H and O–H groups in total. The Labute approximate surface area is 160 Å². The number of amides is 1. The van der Waals surface area contributed by atoms with E-state index in [0.29, 0.717) is 21.6 Å². The monoisotopic (exact) mass is 390 g/mol. The predicted molar refractivity (Wildman–Crippen MR) is 105 cm³/mol. The summed E-state index contributed by atoms with van der Waals surface area (Å²) in [6, 6.07) is 11.2. The first-order valence-electron chi connectivity index (χ1n) is 8.15. The van der Waals surface area contributed by atoms with Gasteiger partial charge >= 0.3 is 5.97 Å². The Morgan fingerprint density at radius 3 is 2.54 bits per heavy atom. The highest BCUT2D eigenvalue weighted by Gasteiger charge is 2.20. The van der Waals surface area contributed by atoms with Gasteiger partial charge in [-0.1, -0.05) is 37.6 Å². The molecule has 0 bridgehead atoms. The molecule has 26 heavy (non-hydrogen) atoms. The molecule has 0 saturated carbocycles. The number of ether oxygens (including phenoxy) is 1. The van der Waals surface area contributed by atoms with E-state index in [2.05, 4.69) is 19.2 Å². The molecule has 5 nitrogen and oxygen atoms in total. The van der Waals surface area contributed by atoms with Crippen molar-refractivity contribution in [3.05, 3.63) is 52.0 Å². The first kappa shape index (κ1) is 18.5. The van der Waals surface area contributed by atoms with Gasteiger partial charge < -0.3 is 14.6 Å². The van der Waals surface area contributed by atoms with E-state index >= 15 is 0 Å². The second kappa shape index (κ2) is 7.51. The summed E-state index contributed by atoms with van der Waals surface area (Å²) in [7, 11) is 1.32. The largest absolute Gasteiger partial charge is 0.464 e. The number of hydrogen-bond acceptors (Lipinski definition) is 4. The minimum atomic E-state index is -0.487. The molecule has 0 radical (unpaired) electrons. The average molecular weight is 391 g/mol. The summed E-state index contributed by atoms with van der Waals surface area (Å²) in [6.07, 6.45) is 0. The molecule has 2 aromatic heterocycles. The molecule has 0 atom stereocenters. The summed E-state index contributed by atoms with van der Waals surface area (Å²) in [5, 5.41) is 2.86. The van der Waals surface area contributed by atoms with Crippen LogP contribution in [0.5, 0.6) is 0 Å². The molecule has 136 valence electrons. The highest BCUT2D eigenvalue weighted by Crippen LogP contribution is 2.32. The number of halogens is 1. The fraction of sp³-hybridized carbons (Fsp3) is 0.263. The molecular formula is C19H19ClN2O3S. The zero-order valence-electron chi connectivity index (χ0n) is 14.7. The first-order valence-corrected chi connectivity index (χ1v) is 9.35.